The van der Waals surface area contributed by atoms with Gasteiger partial charge in [-0.3, -0.25) is 0 Å². The van der Waals surface area contributed by atoms with Gasteiger partial charge in [-0.1, -0.05) is 20.8 Å². The molecule has 0 spiro atoms. The van der Waals surface area contributed by atoms with Crippen LogP contribution in [0.15, 0.2) is 30.9 Å². The van der Waals surface area contributed by atoms with Crippen molar-refractivity contribution in [1.29, 1.82) is 0 Å². The molecule has 0 rings (SSSR count). The van der Waals surface area contributed by atoms with Crippen molar-refractivity contribution < 1.29 is 18.6 Å². The summed E-state index contributed by atoms with van der Waals surface area (Å²) >= 11 is 0. The normalized spacial score (nSPS) is 8.10. The molecule has 57 valence electrons. The van der Waals surface area contributed by atoms with E-state index in [-0.39, 0.29) is 18.6 Å². The number of hydrogen-bond donors (Lipinski definition) is 0. The molecule has 0 unspecified atom stereocenters. The Morgan fingerprint density at radius 1 is 1.30 bits per heavy atom. The molecule has 0 heterocycles. The molecule has 0 N–H and O–H groups in total. The number of allylic oxidation sites excluding steroid dienone is 4. The maximum Gasteiger partial charge on any atom is 0 e. The van der Waals surface area contributed by atoms with E-state index in [0.29, 0.717) is 0 Å². The molecule has 0 aromatic rings. The largest absolute Gasteiger partial charge is 0.194 e. The quantitative estimate of drug-likeness (QED) is 0.445. The van der Waals surface area contributed by atoms with E-state index >= 15 is 0 Å². The molecule has 0 fully saturated rings. The summed E-state index contributed by atoms with van der Waals surface area (Å²) in [5, 5.41) is 0. The first-order chi connectivity index (χ1) is 4.31. The van der Waals surface area contributed by atoms with Crippen LogP contribution in [0.4, 0.5) is 0 Å². The first-order valence-electron chi connectivity index (χ1n) is 3.14. The molecular formula is C9H15V-. The second-order valence-electron chi connectivity index (χ2n) is 1.24. The standard InChI is InChI=1S/C7H9.C2H6.V/c1-4-6-7(3)5-2;1-2;/h4-5H,1-2H2,3H3;1-2H3;/q-1;;. The van der Waals surface area contributed by atoms with Crippen molar-refractivity contribution in [1.82, 2.24) is 0 Å². The smallest absolute Gasteiger partial charge is 0 e. The van der Waals surface area contributed by atoms with E-state index < -0.39 is 0 Å². The van der Waals surface area contributed by atoms with Gasteiger partial charge in [0, 0.05) is 18.6 Å². The molecule has 0 nitrogen and oxygen atoms in total. The van der Waals surface area contributed by atoms with Crippen molar-refractivity contribution in [2.24, 2.45) is 0 Å². The first kappa shape index (κ1) is 16.4. The fourth-order valence-corrected chi connectivity index (χ4v) is 0.220. The van der Waals surface area contributed by atoms with Gasteiger partial charge in [-0.05, 0) is 0 Å². The Labute approximate surface area is 76.6 Å². The van der Waals surface area contributed by atoms with Crippen LogP contribution in [0.5, 0.6) is 0 Å². The average molecular weight is 174 g/mol. The van der Waals surface area contributed by atoms with Crippen LogP contribution in [0, 0.1) is 6.08 Å². The molecule has 0 saturated carbocycles. The van der Waals surface area contributed by atoms with Crippen LogP contribution < -0.4 is 0 Å². The van der Waals surface area contributed by atoms with Crippen LogP contribution in [0.25, 0.3) is 0 Å². The maximum absolute atomic E-state index is 3.53. The summed E-state index contributed by atoms with van der Waals surface area (Å²) in [4.78, 5) is 0. The van der Waals surface area contributed by atoms with E-state index in [1.165, 1.54) is 0 Å². The fourth-order valence-electron chi connectivity index (χ4n) is 0.220. The molecule has 0 aromatic heterocycles. The monoisotopic (exact) mass is 174 g/mol. The SMILES string of the molecule is C=C[C-]=C(C)C=C.CC.[V]. The topological polar surface area (TPSA) is 0 Å². The maximum atomic E-state index is 3.53. The van der Waals surface area contributed by atoms with Crippen molar-refractivity contribution in [3.63, 3.8) is 0 Å². The van der Waals surface area contributed by atoms with Gasteiger partial charge in [0.2, 0.25) is 0 Å². The van der Waals surface area contributed by atoms with E-state index in [4.69, 9.17) is 0 Å². The summed E-state index contributed by atoms with van der Waals surface area (Å²) in [6.07, 6.45) is 6.22. The minimum absolute atomic E-state index is 0. The Kier molecular flexibility index (Phi) is 26.1. The summed E-state index contributed by atoms with van der Waals surface area (Å²) in [5.41, 5.74) is 1.02. The van der Waals surface area contributed by atoms with Gasteiger partial charge in [-0.2, -0.15) is 37.0 Å². The summed E-state index contributed by atoms with van der Waals surface area (Å²) in [5.74, 6) is 0. The van der Waals surface area contributed by atoms with E-state index in [9.17, 15) is 0 Å². The third-order valence-electron chi connectivity index (χ3n) is 0.636. The predicted octanol–water partition coefficient (Wildman–Crippen LogP) is 3.13. The average Bonchev–Trinajstić information content (AvgIpc) is 1.93. The molecule has 1 heteroatoms. The third kappa shape index (κ3) is 15.7. The zero-order valence-electron chi connectivity index (χ0n) is 7.02. The van der Waals surface area contributed by atoms with Crippen LogP contribution in [0.3, 0.4) is 0 Å². The van der Waals surface area contributed by atoms with Gasteiger partial charge in [-0.15, -0.1) is 0 Å². The second kappa shape index (κ2) is 15.9. The van der Waals surface area contributed by atoms with Crippen LogP contribution >= 0.6 is 0 Å². The molecule has 1 radical (unpaired) electrons. The molecule has 0 bridgehead atoms. The number of rotatable bonds is 2. The predicted molar refractivity (Wildman–Crippen MR) is 44.2 cm³/mol. The molecule has 0 saturated heterocycles. The van der Waals surface area contributed by atoms with Gasteiger partial charge in [0.05, 0.1) is 0 Å². The molecule has 0 aromatic carbocycles. The Balaban J connectivity index is -0.000000149. The van der Waals surface area contributed by atoms with E-state index in [0.717, 1.165) is 5.57 Å². The van der Waals surface area contributed by atoms with E-state index in [2.05, 4.69) is 19.2 Å². The summed E-state index contributed by atoms with van der Waals surface area (Å²) in [6.45, 7) is 12.9. The van der Waals surface area contributed by atoms with Gasteiger partial charge in [0.25, 0.3) is 0 Å². The molecule has 0 amide bonds. The van der Waals surface area contributed by atoms with E-state index in [1.54, 1.807) is 12.2 Å². The summed E-state index contributed by atoms with van der Waals surface area (Å²) < 4.78 is 0. The molecule has 0 aliphatic rings. The zero-order chi connectivity index (χ0) is 7.70. The van der Waals surface area contributed by atoms with Crippen molar-refractivity contribution in [2.75, 3.05) is 0 Å². The minimum Gasteiger partial charge on any atom is -0.194 e. The van der Waals surface area contributed by atoms with Crippen LogP contribution in [0.2, 0.25) is 0 Å². The van der Waals surface area contributed by atoms with Crippen molar-refractivity contribution in [2.45, 2.75) is 20.8 Å². The first-order valence-corrected chi connectivity index (χ1v) is 3.14. The zero-order valence-corrected chi connectivity index (χ0v) is 8.41. The van der Waals surface area contributed by atoms with Gasteiger partial charge in [0.15, 0.2) is 0 Å². The molecule has 0 aliphatic carbocycles. The Hall–Kier alpha value is -0.196. The van der Waals surface area contributed by atoms with Gasteiger partial charge < -0.3 is 0 Å². The Morgan fingerprint density at radius 3 is 1.80 bits per heavy atom. The second-order valence-corrected chi connectivity index (χ2v) is 1.24. The third-order valence-corrected chi connectivity index (χ3v) is 0.636. The molecule has 0 atom stereocenters. The Morgan fingerprint density at radius 2 is 1.70 bits per heavy atom. The van der Waals surface area contributed by atoms with Crippen LogP contribution in [0.1, 0.15) is 20.8 Å². The van der Waals surface area contributed by atoms with Crippen molar-refractivity contribution in [3.05, 3.63) is 37.0 Å². The fraction of sp³-hybridized carbons (Fsp3) is 0.333. The summed E-state index contributed by atoms with van der Waals surface area (Å²) in [7, 11) is 0. The Bertz CT molecular complexity index is 101. The minimum atomic E-state index is 0. The van der Waals surface area contributed by atoms with Crippen LogP contribution in [-0.4, -0.2) is 0 Å². The van der Waals surface area contributed by atoms with Gasteiger partial charge in [-0.25, -0.2) is 0 Å². The van der Waals surface area contributed by atoms with Gasteiger partial charge in [0.1, 0.15) is 0 Å². The number of hydrogen-bond acceptors (Lipinski definition) is 0. The molecule has 0 aliphatic heterocycles. The molecule has 10 heavy (non-hydrogen) atoms. The van der Waals surface area contributed by atoms with Gasteiger partial charge >= 0.3 is 0 Å². The van der Waals surface area contributed by atoms with Crippen LogP contribution in [-0.2, 0) is 18.6 Å². The van der Waals surface area contributed by atoms with E-state index in [1.807, 2.05) is 20.8 Å². The summed E-state index contributed by atoms with van der Waals surface area (Å²) in [6, 6.07) is 0. The van der Waals surface area contributed by atoms with Crippen molar-refractivity contribution in [3.8, 4) is 0 Å². The van der Waals surface area contributed by atoms with Crippen molar-refractivity contribution >= 4 is 0 Å². The molecular weight excluding hydrogens is 159 g/mol.